The van der Waals surface area contributed by atoms with Crippen molar-refractivity contribution in [1.29, 1.82) is 0 Å². The van der Waals surface area contributed by atoms with Gasteiger partial charge in [-0.3, -0.25) is 0 Å². The van der Waals surface area contributed by atoms with E-state index in [1.165, 1.54) is 0 Å². The van der Waals surface area contributed by atoms with E-state index in [4.69, 9.17) is 5.11 Å². The smallest absolute Gasteiger partial charge is 0.449 e. The van der Waals surface area contributed by atoms with Gasteiger partial charge in [0.1, 0.15) is 6.61 Å². The third kappa shape index (κ3) is 2.19. The monoisotopic (exact) mass is 276 g/mol. The van der Waals surface area contributed by atoms with Gasteiger partial charge in [-0.2, -0.15) is 22.0 Å². The van der Waals surface area contributed by atoms with Gasteiger partial charge in [0.25, 0.3) is 0 Å². The second kappa shape index (κ2) is 4.47. The van der Waals surface area contributed by atoms with Gasteiger partial charge in [-0.1, -0.05) is 6.58 Å². The Balaban J connectivity index is 2.83. The number of carbonyl (C=O) groups is 1. The highest BCUT2D eigenvalue weighted by Crippen LogP contribution is 2.51. The normalized spacial score (nSPS) is 31.1. The predicted molar refractivity (Wildman–Crippen MR) is 46.5 cm³/mol. The lowest BCUT2D eigenvalue weighted by Crippen LogP contribution is -2.58. The van der Waals surface area contributed by atoms with Gasteiger partial charge < -0.3 is 14.6 Å². The van der Waals surface area contributed by atoms with Crippen molar-refractivity contribution in [2.45, 2.75) is 17.9 Å². The largest absolute Gasteiger partial charge is 0.462 e. The van der Waals surface area contributed by atoms with Gasteiger partial charge in [0.15, 0.2) is 0 Å². The van der Waals surface area contributed by atoms with Crippen molar-refractivity contribution in [3.05, 3.63) is 12.7 Å². The fourth-order valence-electron chi connectivity index (χ4n) is 1.36. The first-order valence-corrected chi connectivity index (χ1v) is 4.66. The Kier molecular flexibility index (Phi) is 3.68. The number of hydrogen-bond donors (Lipinski definition) is 1. The van der Waals surface area contributed by atoms with Gasteiger partial charge in [0, 0.05) is 6.08 Å². The van der Waals surface area contributed by atoms with Crippen molar-refractivity contribution >= 4 is 5.97 Å². The molecule has 0 spiro atoms. The zero-order valence-corrected chi connectivity index (χ0v) is 8.84. The Morgan fingerprint density at radius 1 is 1.56 bits per heavy atom. The minimum atomic E-state index is -5.66. The second-order valence-corrected chi connectivity index (χ2v) is 3.61. The molecule has 0 bridgehead atoms. The van der Waals surface area contributed by atoms with Crippen molar-refractivity contribution in [2.75, 3.05) is 13.2 Å². The van der Waals surface area contributed by atoms with Crippen molar-refractivity contribution in [3.8, 4) is 0 Å². The number of alkyl halides is 5. The van der Waals surface area contributed by atoms with E-state index in [9.17, 15) is 26.7 Å². The van der Waals surface area contributed by atoms with Crippen LogP contribution in [-0.4, -0.2) is 42.2 Å². The molecule has 2 atom stereocenters. The first-order valence-electron chi connectivity index (χ1n) is 4.66. The quantitative estimate of drug-likeness (QED) is 0.479. The summed E-state index contributed by atoms with van der Waals surface area (Å²) in [6.45, 7) is 0.880. The van der Waals surface area contributed by atoms with E-state index in [0.717, 1.165) is 0 Å². The molecular formula is C9H9F5O4. The van der Waals surface area contributed by atoms with Gasteiger partial charge in [-0.15, -0.1) is 0 Å². The zero-order valence-electron chi connectivity index (χ0n) is 8.84. The lowest BCUT2D eigenvalue weighted by molar-refractivity contribution is -0.404. The average Bonchev–Trinajstić information content (AvgIpc) is 2.48. The van der Waals surface area contributed by atoms with Crippen LogP contribution in [0.3, 0.4) is 0 Å². The van der Waals surface area contributed by atoms with Crippen LogP contribution in [0.1, 0.15) is 0 Å². The maximum atomic E-state index is 13.4. The fourth-order valence-corrected chi connectivity index (χ4v) is 1.36. The highest BCUT2D eigenvalue weighted by molar-refractivity contribution is 5.81. The molecule has 9 heteroatoms. The number of esters is 1. The van der Waals surface area contributed by atoms with Crippen LogP contribution in [-0.2, 0) is 14.3 Å². The Labute approximate surface area is 98.0 Å². The number of ether oxygens (including phenoxy) is 2. The molecule has 1 heterocycles. The predicted octanol–water partition coefficient (Wildman–Crippen LogP) is 1.25. The molecule has 0 saturated carbocycles. The molecule has 0 amide bonds. The van der Waals surface area contributed by atoms with Crippen LogP contribution in [0.15, 0.2) is 12.7 Å². The molecule has 0 aromatic heterocycles. The van der Waals surface area contributed by atoms with Crippen LogP contribution in [0.4, 0.5) is 22.0 Å². The first kappa shape index (κ1) is 14.8. The molecule has 0 aliphatic carbocycles. The molecule has 104 valence electrons. The van der Waals surface area contributed by atoms with Crippen LogP contribution >= 0.6 is 0 Å². The number of halogens is 5. The van der Waals surface area contributed by atoms with Crippen molar-refractivity contribution < 1.29 is 41.3 Å². The Hall–Kier alpha value is -1.22. The minimum absolute atomic E-state index is 0.671. The number of rotatable bonds is 3. The Bertz CT molecular complexity index is 353. The fraction of sp³-hybridized carbons (Fsp3) is 0.667. The van der Waals surface area contributed by atoms with E-state index in [-0.39, 0.29) is 0 Å². The molecule has 1 aliphatic rings. The summed E-state index contributed by atoms with van der Waals surface area (Å²) in [6, 6.07) is 0. The van der Waals surface area contributed by atoms with Crippen molar-refractivity contribution in [3.63, 3.8) is 0 Å². The van der Waals surface area contributed by atoms with Gasteiger partial charge >= 0.3 is 23.9 Å². The van der Waals surface area contributed by atoms with E-state index in [1.807, 2.05) is 0 Å². The molecule has 1 fully saturated rings. The molecule has 4 nitrogen and oxygen atoms in total. The van der Waals surface area contributed by atoms with Crippen molar-refractivity contribution in [2.24, 2.45) is 5.92 Å². The summed E-state index contributed by atoms with van der Waals surface area (Å²) in [6.07, 6.45) is -4.99. The summed E-state index contributed by atoms with van der Waals surface area (Å²) in [5, 5.41) is 8.89. The second-order valence-electron chi connectivity index (χ2n) is 3.61. The summed E-state index contributed by atoms with van der Waals surface area (Å²) in [5.74, 6) is -12.3. The Morgan fingerprint density at radius 2 is 2.11 bits per heavy atom. The summed E-state index contributed by atoms with van der Waals surface area (Å²) in [5.41, 5.74) is 0. The van der Waals surface area contributed by atoms with E-state index in [0.29, 0.717) is 6.08 Å². The standard InChI is InChI=1S/C9H9F5O4/c1-2-6(15)17-3-5-4-18-8(16,7(5,10)11)9(12,13)14/h2,5,16H,1,3-4H2. The van der Waals surface area contributed by atoms with Gasteiger partial charge in [0.05, 0.1) is 12.5 Å². The van der Waals surface area contributed by atoms with E-state index in [1.54, 1.807) is 0 Å². The lowest BCUT2D eigenvalue weighted by atomic mass is 9.98. The number of aliphatic hydroxyl groups is 1. The van der Waals surface area contributed by atoms with Crippen LogP contribution in [0.25, 0.3) is 0 Å². The summed E-state index contributed by atoms with van der Waals surface area (Å²) >= 11 is 0. The van der Waals surface area contributed by atoms with Gasteiger partial charge in [-0.25, -0.2) is 4.79 Å². The third-order valence-electron chi connectivity index (χ3n) is 2.44. The highest BCUT2D eigenvalue weighted by Gasteiger charge is 2.77. The Morgan fingerprint density at radius 3 is 2.50 bits per heavy atom. The summed E-state index contributed by atoms with van der Waals surface area (Å²) in [4.78, 5) is 10.6. The minimum Gasteiger partial charge on any atom is -0.462 e. The molecule has 0 radical (unpaired) electrons. The third-order valence-corrected chi connectivity index (χ3v) is 2.44. The SMILES string of the molecule is C=CC(=O)OCC1COC(O)(C(F)(F)F)C1(F)F. The van der Waals surface area contributed by atoms with Crippen molar-refractivity contribution in [1.82, 2.24) is 0 Å². The lowest BCUT2D eigenvalue weighted by Gasteiger charge is -2.31. The molecule has 2 unspecified atom stereocenters. The number of carbonyl (C=O) groups excluding carboxylic acids is 1. The molecule has 1 saturated heterocycles. The van der Waals surface area contributed by atoms with E-state index >= 15 is 0 Å². The maximum Gasteiger partial charge on any atom is 0.449 e. The maximum absolute atomic E-state index is 13.4. The van der Waals surface area contributed by atoms with E-state index in [2.05, 4.69) is 16.1 Å². The van der Waals surface area contributed by atoms with Crippen LogP contribution in [0.2, 0.25) is 0 Å². The highest BCUT2D eigenvalue weighted by atomic mass is 19.4. The molecule has 18 heavy (non-hydrogen) atoms. The van der Waals surface area contributed by atoms with Crippen LogP contribution in [0, 0.1) is 5.92 Å². The average molecular weight is 276 g/mol. The molecular weight excluding hydrogens is 267 g/mol. The van der Waals surface area contributed by atoms with Gasteiger partial charge in [-0.05, 0) is 0 Å². The number of hydrogen-bond acceptors (Lipinski definition) is 4. The summed E-state index contributed by atoms with van der Waals surface area (Å²) in [7, 11) is 0. The molecule has 0 aromatic carbocycles. The summed E-state index contributed by atoms with van der Waals surface area (Å²) < 4.78 is 71.7. The van der Waals surface area contributed by atoms with Crippen LogP contribution in [0.5, 0.6) is 0 Å². The molecule has 1 N–H and O–H groups in total. The molecule has 0 aromatic rings. The first-order chi connectivity index (χ1) is 8.06. The van der Waals surface area contributed by atoms with Crippen LogP contribution < -0.4 is 0 Å². The van der Waals surface area contributed by atoms with E-state index < -0.39 is 43.0 Å². The molecule has 1 aliphatic heterocycles. The molecule has 1 rings (SSSR count). The topological polar surface area (TPSA) is 55.8 Å². The zero-order chi connectivity index (χ0) is 14.2. The van der Waals surface area contributed by atoms with Gasteiger partial charge in [0.2, 0.25) is 0 Å².